The minimum Gasteiger partial charge on any atom is -0.497 e. The van der Waals surface area contributed by atoms with Crippen LogP contribution in [0.5, 0.6) is 5.75 Å². The molecule has 0 atom stereocenters. The number of carbonyl (C=O) groups is 1. The maximum atomic E-state index is 8.00. The van der Waals surface area contributed by atoms with E-state index in [9.17, 15) is 0 Å². The van der Waals surface area contributed by atoms with E-state index < -0.39 is 0 Å². The molecule has 5 heteroatoms. The maximum absolute atomic E-state index is 8.00. The fraction of sp³-hybridized carbons (Fsp3) is 0.200. The molecule has 30 heavy (non-hydrogen) atoms. The molecule has 2 rings (SSSR count). The van der Waals surface area contributed by atoms with Crippen LogP contribution in [0.15, 0.2) is 101 Å². The fourth-order valence-corrected chi connectivity index (χ4v) is 2.71. The van der Waals surface area contributed by atoms with Crippen LogP contribution in [0.3, 0.4) is 0 Å². The molecule has 1 heterocycles. The number of hydrazine groups is 1. The van der Waals surface area contributed by atoms with Gasteiger partial charge < -0.3 is 9.53 Å². The highest BCUT2D eigenvalue weighted by molar-refractivity contribution is 5.94. The monoisotopic (exact) mass is 405 g/mol. The Labute approximate surface area is 180 Å². The predicted molar refractivity (Wildman–Crippen MR) is 126 cm³/mol. The zero-order valence-corrected chi connectivity index (χ0v) is 18.3. The van der Waals surface area contributed by atoms with Crippen LogP contribution in [-0.4, -0.2) is 24.7 Å². The van der Waals surface area contributed by atoms with Crippen molar-refractivity contribution in [2.45, 2.75) is 27.3 Å². The molecule has 158 valence electrons. The second-order valence-electron chi connectivity index (χ2n) is 6.14. The molecule has 0 saturated heterocycles. The Bertz CT molecular complexity index is 872. The van der Waals surface area contributed by atoms with Gasteiger partial charge in [0, 0.05) is 0 Å². The Kier molecular flexibility index (Phi) is 11.0. The van der Waals surface area contributed by atoms with Crippen LogP contribution in [-0.2, 0) is 11.3 Å². The van der Waals surface area contributed by atoms with E-state index in [1.165, 1.54) is 0 Å². The van der Waals surface area contributed by atoms with Crippen LogP contribution >= 0.6 is 0 Å². The van der Waals surface area contributed by atoms with E-state index in [1.54, 1.807) is 7.11 Å². The topological polar surface area (TPSA) is 53.9 Å². The molecule has 1 aromatic carbocycles. The van der Waals surface area contributed by atoms with E-state index in [0.29, 0.717) is 6.54 Å². The smallest absolute Gasteiger partial charge is 0.140 e. The SMILES string of the molecule is C=C1C=CC(=NCc2ccc(OC)cc2)NN1C(=C\C)/C(/C=C\C)=C/C=C/C.C=O. The highest BCUT2D eigenvalue weighted by atomic mass is 16.5. The molecule has 1 N–H and O–H groups in total. The average molecular weight is 406 g/mol. The summed E-state index contributed by atoms with van der Waals surface area (Å²) in [7, 11) is 1.67. The lowest BCUT2D eigenvalue weighted by Gasteiger charge is -2.32. The number of amidine groups is 1. The maximum Gasteiger partial charge on any atom is 0.140 e. The molecule has 0 aliphatic carbocycles. The lowest BCUT2D eigenvalue weighted by Crippen LogP contribution is -2.42. The van der Waals surface area contributed by atoms with Gasteiger partial charge in [0.15, 0.2) is 0 Å². The number of carbonyl (C=O) groups excluding carboxylic acids is 1. The molecule has 1 aliphatic rings. The van der Waals surface area contributed by atoms with Crippen molar-refractivity contribution in [2.24, 2.45) is 4.99 Å². The van der Waals surface area contributed by atoms with E-state index in [2.05, 4.69) is 30.2 Å². The normalized spacial score (nSPS) is 16.1. The summed E-state index contributed by atoms with van der Waals surface area (Å²) in [5.41, 5.74) is 7.44. The Hall–Kier alpha value is -3.60. The molecule has 0 fully saturated rings. The number of ether oxygens (including phenoxy) is 1. The third-order valence-corrected chi connectivity index (χ3v) is 4.16. The highest BCUT2D eigenvalue weighted by Crippen LogP contribution is 2.22. The first-order chi connectivity index (χ1) is 14.6. The summed E-state index contributed by atoms with van der Waals surface area (Å²) in [4.78, 5) is 12.7. The Morgan fingerprint density at radius 1 is 1.13 bits per heavy atom. The summed E-state index contributed by atoms with van der Waals surface area (Å²) in [6.07, 6.45) is 16.2. The van der Waals surface area contributed by atoms with Crippen LogP contribution in [0.2, 0.25) is 0 Å². The number of hydrogen-bond donors (Lipinski definition) is 1. The van der Waals surface area contributed by atoms with Gasteiger partial charge in [-0.15, -0.1) is 0 Å². The molecule has 0 unspecified atom stereocenters. The van der Waals surface area contributed by atoms with E-state index in [4.69, 9.17) is 14.5 Å². The van der Waals surface area contributed by atoms with Crippen molar-refractivity contribution in [2.75, 3.05) is 7.11 Å². The molecular weight excluding hydrogens is 374 g/mol. The van der Waals surface area contributed by atoms with Crippen molar-refractivity contribution in [3.8, 4) is 5.75 Å². The molecule has 0 aromatic heterocycles. The highest BCUT2D eigenvalue weighted by Gasteiger charge is 2.18. The minimum absolute atomic E-state index is 0.582. The van der Waals surface area contributed by atoms with Crippen LogP contribution in [0.4, 0.5) is 0 Å². The molecule has 0 spiro atoms. The summed E-state index contributed by atoms with van der Waals surface area (Å²) in [5, 5.41) is 1.96. The number of nitrogens with one attached hydrogen (secondary N) is 1. The molecule has 0 bridgehead atoms. The van der Waals surface area contributed by atoms with Gasteiger partial charge in [0.05, 0.1) is 25.0 Å². The molecule has 0 saturated carbocycles. The summed E-state index contributed by atoms with van der Waals surface area (Å²) >= 11 is 0. The quantitative estimate of drug-likeness (QED) is 0.627. The summed E-state index contributed by atoms with van der Waals surface area (Å²) in [5.74, 6) is 1.63. The standard InChI is InChI=1S/C24H29N3O.CH2O/c1-6-9-11-21(10-7-2)23(8-3)27-19(4)12-17-24(26-27)25-18-20-13-15-22(28-5)16-14-20;1-2/h6-17H,4,18H2,1-3,5H3,(H,25,26);1H2/b9-6+,10-7-,21-11+,23-8-;. The van der Waals surface area contributed by atoms with Gasteiger partial charge in [0.25, 0.3) is 0 Å². The van der Waals surface area contributed by atoms with Crippen LogP contribution in [0.25, 0.3) is 0 Å². The van der Waals surface area contributed by atoms with Gasteiger partial charge in [-0.2, -0.15) is 0 Å². The van der Waals surface area contributed by atoms with Crippen LogP contribution in [0, 0.1) is 0 Å². The fourth-order valence-electron chi connectivity index (χ4n) is 2.71. The van der Waals surface area contributed by atoms with Gasteiger partial charge >= 0.3 is 0 Å². The van der Waals surface area contributed by atoms with Gasteiger partial charge in [-0.05, 0) is 56.2 Å². The average Bonchev–Trinajstić information content (AvgIpc) is 2.79. The van der Waals surface area contributed by atoms with Crippen molar-refractivity contribution >= 4 is 12.6 Å². The third kappa shape index (κ3) is 7.09. The Morgan fingerprint density at radius 3 is 2.40 bits per heavy atom. The van der Waals surface area contributed by atoms with Crippen LogP contribution in [0.1, 0.15) is 26.3 Å². The Balaban J connectivity index is 0.00000218. The van der Waals surface area contributed by atoms with Crippen molar-refractivity contribution in [1.29, 1.82) is 0 Å². The molecule has 0 amide bonds. The Morgan fingerprint density at radius 2 is 1.83 bits per heavy atom. The van der Waals surface area contributed by atoms with E-state index >= 15 is 0 Å². The molecule has 1 aliphatic heterocycles. The van der Waals surface area contributed by atoms with Crippen molar-refractivity contribution < 1.29 is 9.53 Å². The zero-order valence-electron chi connectivity index (χ0n) is 18.3. The predicted octanol–water partition coefficient (Wildman–Crippen LogP) is 5.28. The van der Waals surface area contributed by atoms with Crippen molar-refractivity contribution in [3.63, 3.8) is 0 Å². The van der Waals surface area contributed by atoms with Gasteiger partial charge in [0.1, 0.15) is 18.4 Å². The number of hydrogen-bond acceptors (Lipinski definition) is 4. The molecule has 1 aromatic rings. The summed E-state index contributed by atoms with van der Waals surface area (Å²) < 4.78 is 5.20. The zero-order chi connectivity index (χ0) is 22.4. The lowest BCUT2D eigenvalue weighted by atomic mass is 10.1. The third-order valence-electron chi connectivity index (χ3n) is 4.16. The van der Waals surface area contributed by atoms with E-state index in [1.807, 2.05) is 87.2 Å². The van der Waals surface area contributed by atoms with Crippen molar-refractivity contribution in [3.05, 3.63) is 102 Å². The first kappa shape index (κ1) is 24.4. The number of benzene rings is 1. The molecular formula is C25H31N3O2. The second kappa shape index (κ2) is 13.6. The largest absolute Gasteiger partial charge is 0.497 e. The number of nitrogens with zero attached hydrogens (tertiary/aromatic N) is 2. The van der Waals surface area contributed by atoms with Gasteiger partial charge in [-0.25, -0.2) is 0 Å². The van der Waals surface area contributed by atoms with E-state index in [-0.39, 0.29) is 0 Å². The minimum atomic E-state index is 0.582. The number of methoxy groups -OCH3 is 1. The number of allylic oxidation sites excluding steroid dienone is 7. The first-order valence-electron chi connectivity index (χ1n) is 9.65. The lowest BCUT2D eigenvalue weighted by molar-refractivity contribution is -0.0979. The first-order valence-corrected chi connectivity index (χ1v) is 9.65. The van der Waals surface area contributed by atoms with Gasteiger partial charge in [-0.3, -0.25) is 15.4 Å². The molecule has 5 nitrogen and oxygen atoms in total. The van der Waals surface area contributed by atoms with Crippen molar-refractivity contribution in [1.82, 2.24) is 10.4 Å². The number of rotatable bonds is 7. The summed E-state index contributed by atoms with van der Waals surface area (Å²) in [6.45, 7) is 12.8. The van der Waals surface area contributed by atoms with Crippen LogP contribution < -0.4 is 10.2 Å². The van der Waals surface area contributed by atoms with Gasteiger partial charge in [0.2, 0.25) is 0 Å². The second-order valence-corrected chi connectivity index (χ2v) is 6.14. The van der Waals surface area contributed by atoms with E-state index in [0.717, 1.165) is 34.1 Å². The number of aliphatic imine (C=N–C) groups is 1. The molecule has 0 radical (unpaired) electrons. The van der Waals surface area contributed by atoms with Gasteiger partial charge in [-0.1, -0.05) is 55.2 Å². The summed E-state index contributed by atoms with van der Waals surface area (Å²) in [6, 6.07) is 7.93.